The van der Waals surface area contributed by atoms with Crippen molar-refractivity contribution in [3.05, 3.63) is 0 Å². The summed E-state index contributed by atoms with van der Waals surface area (Å²) in [4.78, 5) is 11.0. The zero-order valence-electron chi connectivity index (χ0n) is 7.24. The lowest BCUT2D eigenvalue weighted by molar-refractivity contribution is -0.161. The molecule has 2 nitrogen and oxygen atoms in total. The second-order valence-electron chi connectivity index (χ2n) is 2.71. The van der Waals surface area contributed by atoms with Crippen LogP contribution in [0.15, 0.2) is 0 Å². The molecule has 0 aliphatic heterocycles. The lowest BCUT2D eigenvalue weighted by Gasteiger charge is -2.21. The van der Waals surface area contributed by atoms with Gasteiger partial charge in [0, 0.05) is 0 Å². The highest BCUT2D eigenvalue weighted by Gasteiger charge is 2.43. The number of alkyl halides is 4. The molecule has 0 heterocycles. The largest absolute Gasteiger partial charge is 0.465 e. The Labute approximate surface area is 82.6 Å². The molecule has 1 atom stereocenters. The van der Waals surface area contributed by atoms with Crippen LogP contribution in [-0.2, 0) is 9.53 Å². The maximum atomic E-state index is 11.9. The average molecular weight is 263 g/mol. The Morgan fingerprint density at radius 1 is 1.46 bits per heavy atom. The molecular weight excluding hydrogens is 253 g/mol. The summed E-state index contributed by atoms with van der Waals surface area (Å²) in [6.45, 7) is 2.74. The van der Waals surface area contributed by atoms with Crippen LogP contribution in [0.2, 0.25) is 0 Å². The van der Waals surface area contributed by atoms with E-state index in [-0.39, 0.29) is 6.61 Å². The summed E-state index contributed by atoms with van der Waals surface area (Å²) in [5.74, 6) is -0.896. The normalized spacial score (nSPS) is 16.5. The van der Waals surface area contributed by atoms with Gasteiger partial charge in [0.25, 0.3) is 0 Å². The van der Waals surface area contributed by atoms with Gasteiger partial charge in [0.15, 0.2) is 0 Å². The third-order valence-electron chi connectivity index (χ3n) is 1.23. The number of rotatable bonds is 3. The molecule has 0 radical (unpaired) electrons. The van der Waals surface area contributed by atoms with E-state index in [9.17, 15) is 18.0 Å². The molecule has 0 aromatic heterocycles. The topological polar surface area (TPSA) is 26.3 Å². The van der Waals surface area contributed by atoms with Crippen molar-refractivity contribution in [2.45, 2.75) is 30.8 Å². The van der Waals surface area contributed by atoms with Crippen molar-refractivity contribution < 1.29 is 22.7 Å². The molecule has 0 amide bonds. The van der Waals surface area contributed by atoms with Gasteiger partial charge in [-0.1, -0.05) is 15.9 Å². The van der Waals surface area contributed by atoms with Crippen LogP contribution in [0.3, 0.4) is 0 Å². The Balaban J connectivity index is 4.30. The smallest absolute Gasteiger partial charge is 0.391 e. The first-order valence-electron chi connectivity index (χ1n) is 3.62. The highest BCUT2D eigenvalue weighted by molar-refractivity contribution is 9.10. The summed E-state index contributed by atoms with van der Waals surface area (Å²) >= 11 is 2.69. The van der Waals surface area contributed by atoms with Crippen molar-refractivity contribution in [1.29, 1.82) is 0 Å². The fourth-order valence-corrected chi connectivity index (χ4v) is 1.16. The van der Waals surface area contributed by atoms with Crippen molar-refractivity contribution in [1.82, 2.24) is 0 Å². The van der Waals surface area contributed by atoms with Gasteiger partial charge in [0.05, 0.1) is 13.0 Å². The zero-order chi connectivity index (χ0) is 10.7. The molecule has 0 fully saturated rings. The van der Waals surface area contributed by atoms with E-state index in [2.05, 4.69) is 20.7 Å². The molecule has 0 aliphatic rings. The molecule has 0 aromatic carbocycles. The highest BCUT2D eigenvalue weighted by atomic mass is 79.9. The van der Waals surface area contributed by atoms with Gasteiger partial charge in [0.2, 0.25) is 0 Å². The molecule has 0 bridgehead atoms. The molecule has 6 heteroatoms. The van der Waals surface area contributed by atoms with Crippen LogP contribution >= 0.6 is 15.9 Å². The molecule has 78 valence electrons. The summed E-state index contributed by atoms with van der Waals surface area (Å²) in [6.07, 6.45) is -5.62. The van der Waals surface area contributed by atoms with Crippen LogP contribution in [0, 0.1) is 0 Å². The first kappa shape index (κ1) is 12.7. The third kappa shape index (κ3) is 5.13. The predicted octanol–water partition coefficient (Wildman–Crippen LogP) is 2.66. The van der Waals surface area contributed by atoms with Gasteiger partial charge < -0.3 is 4.74 Å². The molecule has 0 saturated heterocycles. The van der Waals surface area contributed by atoms with Gasteiger partial charge in [-0.25, -0.2) is 0 Å². The van der Waals surface area contributed by atoms with E-state index >= 15 is 0 Å². The summed E-state index contributed by atoms with van der Waals surface area (Å²) < 4.78 is 38.5. The Kier molecular flexibility index (Phi) is 4.22. The maximum absolute atomic E-state index is 11.9. The fourth-order valence-electron chi connectivity index (χ4n) is 0.730. The minimum absolute atomic E-state index is 0.0673. The number of halogens is 4. The monoisotopic (exact) mass is 262 g/mol. The van der Waals surface area contributed by atoms with E-state index in [1.165, 1.54) is 6.92 Å². The van der Waals surface area contributed by atoms with E-state index in [1.807, 2.05) is 0 Å². The first-order chi connectivity index (χ1) is 5.69. The molecule has 1 unspecified atom stereocenters. The van der Waals surface area contributed by atoms with E-state index in [0.717, 1.165) is 6.92 Å². The van der Waals surface area contributed by atoms with Gasteiger partial charge in [-0.05, 0) is 13.8 Å². The van der Waals surface area contributed by atoms with Gasteiger partial charge in [-0.3, -0.25) is 4.79 Å². The number of hydrogen-bond donors (Lipinski definition) is 0. The Bertz CT molecular complexity index is 189. The molecular formula is C7H10BrF3O2. The van der Waals surface area contributed by atoms with Crippen LogP contribution in [0.4, 0.5) is 13.2 Å². The fraction of sp³-hybridized carbons (Fsp3) is 0.857. The predicted molar refractivity (Wildman–Crippen MR) is 44.6 cm³/mol. The minimum atomic E-state index is -4.38. The van der Waals surface area contributed by atoms with E-state index < -0.39 is 22.9 Å². The Morgan fingerprint density at radius 2 is 1.92 bits per heavy atom. The molecule has 13 heavy (non-hydrogen) atoms. The van der Waals surface area contributed by atoms with Crippen molar-refractivity contribution >= 4 is 21.9 Å². The number of carbonyl (C=O) groups is 1. The van der Waals surface area contributed by atoms with Crippen LogP contribution in [0.25, 0.3) is 0 Å². The zero-order valence-corrected chi connectivity index (χ0v) is 8.83. The SMILES string of the molecule is CCOC(=O)C(C)(Br)CC(F)(F)F. The van der Waals surface area contributed by atoms with E-state index in [4.69, 9.17) is 0 Å². The van der Waals surface area contributed by atoms with Gasteiger partial charge >= 0.3 is 12.1 Å². The van der Waals surface area contributed by atoms with Crippen LogP contribution < -0.4 is 0 Å². The second-order valence-corrected chi connectivity index (χ2v) is 4.46. The lowest BCUT2D eigenvalue weighted by atomic mass is 10.1. The third-order valence-corrected chi connectivity index (χ3v) is 1.84. The average Bonchev–Trinajstić information content (AvgIpc) is 1.82. The van der Waals surface area contributed by atoms with Crippen molar-refractivity contribution in [2.75, 3.05) is 6.61 Å². The molecule has 0 saturated carbocycles. The quantitative estimate of drug-likeness (QED) is 0.578. The Morgan fingerprint density at radius 3 is 2.23 bits per heavy atom. The van der Waals surface area contributed by atoms with Gasteiger partial charge in [-0.15, -0.1) is 0 Å². The summed E-state index contributed by atoms with van der Waals surface area (Å²) in [7, 11) is 0. The highest BCUT2D eigenvalue weighted by Crippen LogP contribution is 2.34. The summed E-state index contributed by atoms with van der Waals surface area (Å²) in [5, 5.41) is 0. The first-order valence-corrected chi connectivity index (χ1v) is 4.41. The van der Waals surface area contributed by atoms with Crippen LogP contribution in [0.1, 0.15) is 20.3 Å². The van der Waals surface area contributed by atoms with Gasteiger partial charge in [-0.2, -0.15) is 13.2 Å². The summed E-state index contributed by atoms with van der Waals surface area (Å²) in [6, 6.07) is 0. The van der Waals surface area contributed by atoms with Crippen molar-refractivity contribution in [2.24, 2.45) is 0 Å². The van der Waals surface area contributed by atoms with Gasteiger partial charge in [0.1, 0.15) is 4.32 Å². The van der Waals surface area contributed by atoms with Crippen molar-refractivity contribution in [3.8, 4) is 0 Å². The molecule has 0 N–H and O–H groups in total. The van der Waals surface area contributed by atoms with Crippen LogP contribution in [-0.4, -0.2) is 23.1 Å². The van der Waals surface area contributed by atoms with E-state index in [0.29, 0.717) is 0 Å². The van der Waals surface area contributed by atoms with E-state index in [1.54, 1.807) is 0 Å². The number of esters is 1. The number of ether oxygens (including phenoxy) is 1. The molecule has 0 aliphatic carbocycles. The maximum Gasteiger partial charge on any atom is 0.391 e. The molecule has 0 aromatic rings. The van der Waals surface area contributed by atoms with Crippen LogP contribution in [0.5, 0.6) is 0 Å². The Hall–Kier alpha value is -0.260. The number of carbonyl (C=O) groups excluding carboxylic acids is 1. The lowest BCUT2D eigenvalue weighted by Crippen LogP contribution is -2.35. The molecule has 0 rings (SSSR count). The minimum Gasteiger partial charge on any atom is -0.465 e. The molecule has 0 spiro atoms. The summed E-state index contributed by atoms with van der Waals surface area (Å²) in [5.41, 5.74) is 0. The standard InChI is InChI=1S/C7H10BrF3O2/c1-3-13-5(12)6(2,8)4-7(9,10)11/h3-4H2,1-2H3. The number of hydrogen-bond acceptors (Lipinski definition) is 2. The van der Waals surface area contributed by atoms with Crippen molar-refractivity contribution in [3.63, 3.8) is 0 Å². The second kappa shape index (κ2) is 4.30.